The van der Waals surface area contributed by atoms with Crippen molar-refractivity contribution in [3.63, 3.8) is 0 Å². The molecule has 0 unspecified atom stereocenters. The molecule has 0 aromatic heterocycles. The van der Waals surface area contributed by atoms with Crippen LogP contribution in [0.2, 0.25) is 0 Å². The summed E-state index contributed by atoms with van der Waals surface area (Å²) in [5, 5.41) is 0. The summed E-state index contributed by atoms with van der Waals surface area (Å²) in [6, 6.07) is 0. The number of thiocarbonyl (C=S) groups is 1. The minimum absolute atomic E-state index is 0.0440. The van der Waals surface area contributed by atoms with Crippen molar-refractivity contribution in [3.8, 4) is 0 Å². The quantitative estimate of drug-likeness (QED) is 0.425. The van der Waals surface area contributed by atoms with Gasteiger partial charge in [-0.1, -0.05) is 12.2 Å². The smallest absolute Gasteiger partial charge is 0.310 e. The second kappa shape index (κ2) is 3.17. The van der Waals surface area contributed by atoms with Crippen molar-refractivity contribution < 1.29 is 9.53 Å². The van der Waals surface area contributed by atoms with E-state index in [-0.39, 0.29) is 11.9 Å². The van der Waals surface area contributed by atoms with Crippen LogP contribution in [0.3, 0.4) is 0 Å². The Balaban J connectivity index is 2.53. The first kappa shape index (κ1) is 8.46. The maximum atomic E-state index is 11.0. The summed E-state index contributed by atoms with van der Waals surface area (Å²) in [6.07, 6.45) is 0.665. The van der Waals surface area contributed by atoms with Crippen molar-refractivity contribution in [3.05, 3.63) is 0 Å². The van der Waals surface area contributed by atoms with Crippen molar-refractivity contribution in [2.24, 2.45) is 5.92 Å². The third-order valence-corrected chi connectivity index (χ3v) is 2.35. The van der Waals surface area contributed by atoms with Gasteiger partial charge in [-0.2, -0.15) is 0 Å². The van der Waals surface area contributed by atoms with Crippen LogP contribution in [-0.4, -0.2) is 36.6 Å². The molecular formula is C7H11NO2S. The average molecular weight is 173 g/mol. The summed E-state index contributed by atoms with van der Waals surface area (Å²) in [4.78, 5) is 13.8. The van der Waals surface area contributed by atoms with E-state index in [9.17, 15) is 4.79 Å². The molecule has 1 aliphatic rings. The largest absolute Gasteiger partial charge is 0.469 e. The lowest BCUT2D eigenvalue weighted by molar-refractivity contribution is -0.144. The van der Waals surface area contributed by atoms with Crippen molar-refractivity contribution in [1.82, 2.24) is 4.90 Å². The van der Waals surface area contributed by atoms with E-state index in [4.69, 9.17) is 12.2 Å². The molecule has 0 spiro atoms. The molecule has 0 N–H and O–H groups in total. The van der Waals surface area contributed by atoms with Gasteiger partial charge in [-0.15, -0.1) is 0 Å². The predicted octanol–water partition coefficient (Wildman–Crippen LogP) is 0.438. The van der Waals surface area contributed by atoms with E-state index in [1.165, 1.54) is 7.11 Å². The minimum Gasteiger partial charge on any atom is -0.469 e. The maximum absolute atomic E-state index is 11.0. The Morgan fingerprint density at radius 2 is 2.45 bits per heavy atom. The maximum Gasteiger partial charge on any atom is 0.310 e. The van der Waals surface area contributed by atoms with E-state index in [1.807, 2.05) is 11.9 Å². The molecule has 11 heavy (non-hydrogen) atoms. The summed E-state index contributed by atoms with van der Waals surface area (Å²) < 4.78 is 4.61. The molecule has 0 radical (unpaired) electrons. The predicted molar refractivity (Wildman–Crippen MR) is 45.4 cm³/mol. The third kappa shape index (κ3) is 1.68. The van der Waals surface area contributed by atoms with Gasteiger partial charge in [-0.05, 0) is 0 Å². The van der Waals surface area contributed by atoms with Crippen LogP contribution in [0.1, 0.15) is 6.42 Å². The van der Waals surface area contributed by atoms with Crippen LogP contribution in [-0.2, 0) is 9.53 Å². The Morgan fingerprint density at radius 1 is 1.82 bits per heavy atom. The van der Waals surface area contributed by atoms with Crippen LogP contribution in [0.15, 0.2) is 0 Å². The lowest BCUT2D eigenvalue weighted by atomic mass is 10.1. The zero-order valence-corrected chi connectivity index (χ0v) is 7.48. The SMILES string of the molecule is COC(=O)[C@H]1CC(=S)N(C)C1. The van der Waals surface area contributed by atoms with Crippen molar-refractivity contribution >= 4 is 23.2 Å². The fraction of sp³-hybridized carbons (Fsp3) is 0.714. The van der Waals surface area contributed by atoms with Gasteiger partial charge in [0.15, 0.2) is 0 Å². The van der Waals surface area contributed by atoms with Gasteiger partial charge in [0, 0.05) is 20.0 Å². The fourth-order valence-electron chi connectivity index (χ4n) is 1.19. The molecule has 0 aliphatic carbocycles. The molecule has 1 saturated heterocycles. The van der Waals surface area contributed by atoms with Crippen molar-refractivity contribution in [2.75, 3.05) is 20.7 Å². The molecule has 1 rings (SSSR count). The van der Waals surface area contributed by atoms with E-state index < -0.39 is 0 Å². The van der Waals surface area contributed by atoms with Gasteiger partial charge < -0.3 is 9.64 Å². The second-order valence-electron chi connectivity index (χ2n) is 2.70. The molecule has 4 heteroatoms. The van der Waals surface area contributed by atoms with Gasteiger partial charge in [0.1, 0.15) is 0 Å². The number of rotatable bonds is 1. The van der Waals surface area contributed by atoms with Crippen LogP contribution in [0.5, 0.6) is 0 Å². The van der Waals surface area contributed by atoms with Crippen LogP contribution in [0.4, 0.5) is 0 Å². The number of carbonyl (C=O) groups is 1. The van der Waals surface area contributed by atoms with Gasteiger partial charge in [0.25, 0.3) is 0 Å². The van der Waals surface area contributed by atoms with Gasteiger partial charge >= 0.3 is 5.97 Å². The van der Waals surface area contributed by atoms with E-state index in [0.29, 0.717) is 13.0 Å². The molecule has 0 aromatic rings. The highest BCUT2D eigenvalue weighted by Gasteiger charge is 2.29. The Hall–Kier alpha value is -0.640. The van der Waals surface area contributed by atoms with Gasteiger partial charge in [-0.25, -0.2) is 0 Å². The number of likely N-dealkylation sites (tertiary alicyclic amines) is 1. The number of nitrogens with zero attached hydrogens (tertiary/aromatic N) is 1. The monoisotopic (exact) mass is 173 g/mol. The summed E-state index contributed by atoms with van der Waals surface area (Å²) in [6.45, 7) is 0.700. The highest BCUT2D eigenvalue weighted by molar-refractivity contribution is 7.80. The average Bonchev–Trinajstić information content (AvgIpc) is 2.31. The number of ether oxygens (including phenoxy) is 1. The third-order valence-electron chi connectivity index (χ3n) is 1.88. The fourth-order valence-corrected chi connectivity index (χ4v) is 1.46. The summed E-state index contributed by atoms with van der Waals surface area (Å²) in [5.41, 5.74) is 0. The molecule has 0 bridgehead atoms. The van der Waals surface area contributed by atoms with Crippen LogP contribution >= 0.6 is 12.2 Å². The number of methoxy groups -OCH3 is 1. The standard InChI is InChI=1S/C7H11NO2S/c1-8-4-5(3-6(8)11)7(9)10-2/h5H,3-4H2,1-2H3/t5-/m0/s1. The molecule has 1 fully saturated rings. The number of esters is 1. The van der Waals surface area contributed by atoms with E-state index >= 15 is 0 Å². The molecular weight excluding hydrogens is 162 g/mol. The first-order valence-electron chi connectivity index (χ1n) is 3.47. The van der Waals surface area contributed by atoms with Crippen LogP contribution < -0.4 is 0 Å². The van der Waals surface area contributed by atoms with Crippen LogP contribution in [0, 0.1) is 5.92 Å². The number of hydrogen-bond donors (Lipinski definition) is 0. The number of carbonyl (C=O) groups excluding carboxylic acids is 1. The summed E-state index contributed by atoms with van der Waals surface area (Å²) in [7, 11) is 3.30. The van der Waals surface area contributed by atoms with E-state index in [0.717, 1.165) is 4.99 Å². The molecule has 3 nitrogen and oxygen atoms in total. The molecule has 62 valence electrons. The summed E-state index contributed by atoms with van der Waals surface area (Å²) >= 11 is 5.00. The lowest BCUT2D eigenvalue weighted by Gasteiger charge is -2.09. The number of hydrogen-bond acceptors (Lipinski definition) is 3. The zero-order valence-electron chi connectivity index (χ0n) is 6.66. The van der Waals surface area contributed by atoms with Gasteiger partial charge in [0.2, 0.25) is 0 Å². The first-order valence-corrected chi connectivity index (χ1v) is 3.87. The second-order valence-corrected chi connectivity index (χ2v) is 3.17. The highest BCUT2D eigenvalue weighted by Crippen LogP contribution is 2.18. The molecule has 0 amide bonds. The van der Waals surface area contributed by atoms with E-state index in [2.05, 4.69) is 4.74 Å². The van der Waals surface area contributed by atoms with Crippen molar-refractivity contribution in [1.29, 1.82) is 0 Å². The van der Waals surface area contributed by atoms with Gasteiger partial charge in [-0.3, -0.25) is 4.79 Å². The van der Waals surface area contributed by atoms with Gasteiger partial charge in [0.05, 0.1) is 18.0 Å². The molecule has 0 aromatic carbocycles. The Labute approximate surface area is 71.3 Å². The molecule has 0 saturated carbocycles. The topological polar surface area (TPSA) is 29.5 Å². The Kier molecular flexibility index (Phi) is 2.44. The lowest BCUT2D eigenvalue weighted by Crippen LogP contribution is -2.21. The summed E-state index contributed by atoms with van der Waals surface area (Å²) in [5.74, 6) is -0.200. The zero-order chi connectivity index (χ0) is 8.43. The molecule has 1 heterocycles. The van der Waals surface area contributed by atoms with E-state index in [1.54, 1.807) is 0 Å². The normalized spacial score (nSPS) is 24.0. The highest BCUT2D eigenvalue weighted by atomic mass is 32.1. The minimum atomic E-state index is -0.156. The Bertz CT molecular complexity index is 193. The Morgan fingerprint density at radius 3 is 2.82 bits per heavy atom. The van der Waals surface area contributed by atoms with Crippen LogP contribution in [0.25, 0.3) is 0 Å². The molecule has 1 aliphatic heterocycles. The molecule has 1 atom stereocenters. The van der Waals surface area contributed by atoms with Crippen molar-refractivity contribution in [2.45, 2.75) is 6.42 Å². The first-order chi connectivity index (χ1) is 5.15.